The molecule has 1 aliphatic carbocycles. The van der Waals surface area contributed by atoms with Crippen LogP contribution in [0.15, 0.2) is 76.9 Å². The van der Waals surface area contributed by atoms with Crippen molar-refractivity contribution in [2.75, 3.05) is 114 Å². The van der Waals surface area contributed by atoms with E-state index >= 15 is 0 Å². The summed E-state index contributed by atoms with van der Waals surface area (Å²) in [6, 6.07) is 22.0. The van der Waals surface area contributed by atoms with Crippen LogP contribution in [0.5, 0.6) is 0 Å². The molecule has 0 heterocycles. The van der Waals surface area contributed by atoms with Crippen LogP contribution in [0.4, 0.5) is 34.1 Å². The van der Waals surface area contributed by atoms with Gasteiger partial charge in [0.15, 0.2) is 0 Å². The maximum atomic E-state index is 2.57. The Bertz CT molecular complexity index is 1480. The molecular weight excluding hydrogens is 735 g/mol. The van der Waals surface area contributed by atoms with E-state index in [4.69, 9.17) is 0 Å². The van der Waals surface area contributed by atoms with Crippen LogP contribution in [0, 0.1) is 0 Å². The SMILES string of the molecule is CC1=C(C)[C]([Ti+3])([Si](c2cc(N(C)C)cc(N(C)C)c2)(c2cc(N(C)C)cc(N(C)C)c2)c2cc(N(C)C)cc(N(C)C)c2)C(C)=C1C.[Cl-].[Cl-].[Cl-]. The van der Waals surface area contributed by atoms with Gasteiger partial charge in [-0.1, -0.05) is 0 Å². The third-order valence-electron chi connectivity index (χ3n) is 10.5. The van der Waals surface area contributed by atoms with Crippen LogP contribution in [-0.2, 0) is 20.4 Å². The topological polar surface area (TPSA) is 19.4 Å². The number of allylic oxidation sites excluding steroid dienone is 4. The monoisotopic (exact) mass is 790 g/mol. The Morgan fingerprint density at radius 3 is 0.720 bits per heavy atom. The van der Waals surface area contributed by atoms with Crippen LogP contribution in [0.3, 0.4) is 0 Å². The van der Waals surface area contributed by atoms with Gasteiger partial charge >= 0.3 is 300 Å². The summed E-state index contributed by atoms with van der Waals surface area (Å²) in [5.74, 6) is 0. The van der Waals surface area contributed by atoms with E-state index in [9.17, 15) is 0 Å². The first-order valence-electron chi connectivity index (χ1n) is 16.4. The molecule has 0 atom stereocenters. The second kappa shape index (κ2) is 17.0. The van der Waals surface area contributed by atoms with Crippen molar-refractivity contribution in [1.82, 2.24) is 0 Å². The smallest absolute Gasteiger partial charge is 1.00 e. The van der Waals surface area contributed by atoms with E-state index in [1.165, 1.54) is 72.0 Å². The van der Waals surface area contributed by atoms with Crippen LogP contribution >= 0.6 is 0 Å². The van der Waals surface area contributed by atoms with E-state index in [1.807, 2.05) is 0 Å². The fourth-order valence-corrected chi connectivity index (χ4v) is 15.7. The molecule has 0 saturated heterocycles. The zero-order chi connectivity index (χ0) is 35.3. The van der Waals surface area contributed by atoms with E-state index in [-0.39, 0.29) is 40.6 Å². The van der Waals surface area contributed by atoms with Crippen molar-refractivity contribution >= 4 is 57.8 Å². The fraction of sp³-hybridized carbons (Fsp3) is 0.436. The predicted molar refractivity (Wildman–Crippen MR) is 209 cm³/mol. The maximum absolute atomic E-state index is 3.06. The molecule has 0 fully saturated rings. The molecule has 3 aromatic carbocycles. The summed E-state index contributed by atoms with van der Waals surface area (Å²) in [6.07, 6.45) is 0. The molecule has 11 heteroatoms. The number of nitrogens with zero attached hydrogens (tertiary/aromatic N) is 6. The zero-order valence-electron chi connectivity index (χ0n) is 33.0. The van der Waals surface area contributed by atoms with Gasteiger partial charge in [0.1, 0.15) is 0 Å². The van der Waals surface area contributed by atoms with E-state index in [2.05, 4.69) is 217 Å². The zero-order valence-corrected chi connectivity index (χ0v) is 37.8. The Labute approximate surface area is 335 Å². The Hall–Kier alpha value is -2.26. The van der Waals surface area contributed by atoms with Crippen molar-refractivity contribution < 1.29 is 57.7 Å². The number of hydrogen-bond acceptors (Lipinski definition) is 6. The van der Waals surface area contributed by atoms with Crippen LogP contribution < -0.4 is 82.2 Å². The van der Waals surface area contributed by atoms with E-state index in [0.29, 0.717) is 0 Å². The largest absolute Gasteiger partial charge is 1.00 e. The average molecular weight is 792 g/mol. The molecule has 1 aliphatic rings. The fourth-order valence-electron chi connectivity index (χ4n) is 7.10. The minimum atomic E-state index is -3.06. The Morgan fingerprint density at radius 2 is 0.560 bits per heavy atom. The second-order valence-electron chi connectivity index (χ2n) is 14.6. The number of benzene rings is 3. The minimum absolute atomic E-state index is 0. The molecule has 0 N–H and O–H groups in total. The summed E-state index contributed by atoms with van der Waals surface area (Å²) in [4.78, 5) is 13.6. The first kappa shape index (κ1) is 45.8. The Kier molecular flexibility index (Phi) is 15.6. The van der Waals surface area contributed by atoms with E-state index in [1.54, 1.807) is 0 Å². The summed E-state index contributed by atoms with van der Waals surface area (Å²) in [7, 11) is 22.9. The Morgan fingerprint density at radius 1 is 0.380 bits per heavy atom. The number of rotatable bonds is 10. The van der Waals surface area contributed by atoms with Gasteiger partial charge in [-0.25, -0.2) is 0 Å². The Balaban J connectivity index is 0.00000417. The van der Waals surface area contributed by atoms with Gasteiger partial charge in [-0.15, -0.1) is 0 Å². The molecule has 50 heavy (non-hydrogen) atoms. The van der Waals surface area contributed by atoms with Crippen LogP contribution in [0.2, 0.25) is 3.34 Å². The third-order valence-corrected chi connectivity index (χ3v) is 18.7. The van der Waals surface area contributed by atoms with Gasteiger partial charge in [0.05, 0.1) is 0 Å². The van der Waals surface area contributed by atoms with Gasteiger partial charge in [-0.3, -0.25) is 0 Å². The van der Waals surface area contributed by atoms with Gasteiger partial charge in [-0.05, 0) is 0 Å². The van der Waals surface area contributed by atoms with Crippen LogP contribution in [0.1, 0.15) is 27.7 Å². The van der Waals surface area contributed by atoms with Crippen molar-refractivity contribution in [2.24, 2.45) is 0 Å². The molecule has 3 aromatic rings. The summed E-state index contributed by atoms with van der Waals surface area (Å²) >= 11 is 2.57. The first-order chi connectivity index (χ1) is 21.8. The molecule has 0 saturated carbocycles. The summed E-state index contributed by atoms with van der Waals surface area (Å²) in [5, 5.41) is 4.24. The van der Waals surface area contributed by atoms with Crippen molar-refractivity contribution in [3.05, 3.63) is 76.9 Å². The quantitative estimate of drug-likeness (QED) is 0.156. The van der Waals surface area contributed by atoms with Gasteiger partial charge in [0.25, 0.3) is 0 Å². The van der Waals surface area contributed by atoms with Crippen molar-refractivity contribution in [2.45, 2.75) is 31.0 Å². The van der Waals surface area contributed by atoms with Gasteiger partial charge in [-0.2, -0.15) is 0 Å². The van der Waals surface area contributed by atoms with E-state index in [0.717, 1.165) is 0 Å². The average Bonchev–Trinajstić information content (AvgIpc) is 3.16. The minimum Gasteiger partial charge on any atom is -1.00 e. The standard InChI is InChI=1S/C39H57N6Si.3ClH.Ti/c1-26-27(2)29(4)39(28(26)3)46(36-20-30(40(5)6)17-31(21-36)41(7)8,37-22-32(42(9)10)18-33(23-37)43(11)12)38-24-34(44(13)14)19-35(25-38)45(15)16;;;;/h17-25H,1-16H3;3*1H;/q;;;;+3/p-3. The maximum Gasteiger partial charge on any atom is -1.00 e. The molecule has 272 valence electrons. The van der Waals surface area contributed by atoms with Crippen molar-refractivity contribution in [3.63, 3.8) is 0 Å². The number of anilines is 6. The molecule has 0 aliphatic heterocycles. The molecule has 0 bridgehead atoms. The molecular formula is C39H57Cl3N6SiTi. The number of halogens is 3. The van der Waals surface area contributed by atoms with Gasteiger partial charge in [0, 0.05) is 0 Å². The van der Waals surface area contributed by atoms with Crippen molar-refractivity contribution in [3.8, 4) is 0 Å². The molecule has 6 nitrogen and oxygen atoms in total. The van der Waals surface area contributed by atoms with Crippen LogP contribution in [-0.4, -0.2) is 92.6 Å². The molecule has 0 aromatic heterocycles. The third kappa shape index (κ3) is 7.74. The summed E-state index contributed by atoms with van der Waals surface area (Å²) < 4.78 is -0.251. The van der Waals surface area contributed by atoms with E-state index < -0.39 is 8.07 Å². The normalized spacial score (nSPS) is 13.6. The van der Waals surface area contributed by atoms with Crippen LogP contribution in [0.25, 0.3) is 0 Å². The molecule has 0 amide bonds. The molecule has 0 spiro atoms. The molecule has 4 rings (SSSR count). The summed E-state index contributed by atoms with van der Waals surface area (Å²) in [6.45, 7) is 9.49. The first-order valence-corrected chi connectivity index (χ1v) is 19.2. The number of hydrogen-bond donors (Lipinski definition) is 0. The summed E-state index contributed by atoms with van der Waals surface area (Å²) in [5.41, 5.74) is 13.1. The predicted octanol–water partition coefficient (Wildman–Crippen LogP) is -3.50. The van der Waals surface area contributed by atoms with Crippen molar-refractivity contribution in [1.29, 1.82) is 0 Å². The van der Waals surface area contributed by atoms with Gasteiger partial charge < -0.3 is 37.2 Å². The molecule has 0 radical (unpaired) electrons. The van der Waals surface area contributed by atoms with Gasteiger partial charge in [0.2, 0.25) is 0 Å². The second-order valence-corrected chi connectivity index (χ2v) is 20.5. The molecule has 0 unspecified atom stereocenters.